The first-order chi connectivity index (χ1) is 11.2. The average Bonchev–Trinajstić information content (AvgIpc) is 2.93. The van der Waals surface area contributed by atoms with Gasteiger partial charge in [-0.2, -0.15) is 0 Å². The van der Waals surface area contributed by atoms with Crippen LogP contribution < -0.4 is 5.32 Å². The van der Waals surface area contributed by atoms with Gasteiger partial charge in [0.1, 0.15) is 10.3 Å². The van der Waals surface area contributed by atoms with Crippen LogP contribution in [0.4, 0.5) is 0 Å². The quantitative estimate of drug-likeness (QED) is 0.880. The molecule has 0 aliphatic rings. The molecule has 0 spiro atoms. The van der Waals surface area contributed by atoms with Crippen LogP contribution >= 0.6 is 11.3 Å². The van der Waals surface area contributed by atoms with E-state index < -0.39 is 16.0 Å². The molecule has 0 fully saturated rings. The fourth-order valence-corrected chi connectivity index (χ4v) is 3.98. The van der Waals surface area contributed by atoms with Crippen LogP contribution in [0.15, 0.2) is 29.6 Å². The molecule has 2 atom stereocenters. The van der Waals surface area contributed by atoms with Gasteiger partial charge >= 0.3 is 0 Å². The summed E-state index contributed by atoms with van der Waals surface area (Å²) < 4.78 is 12.4. The monoisotopic (exact) mass is 364 g/mol. The number of aromatic nitrogens is 1. The van der Waals surface area contributed by atoms with E-state index in [2.05, 4.69) is 10.3 Å². The zero-order chi connectivity index (χ0) is 17.9. The Balaban J connectivity index is 2.02. The van der Waals surface area contributed by atoms with Crippen molar-refractivity contribution in [2.45, 2.75) is 51.2 Å². The van der Waals surface area contributed by atoms with Gasteiger partial charge in [0.2, 0.25) is 5.91 Å². The molecule has 24 heavy (non-hydrogen) atoms. The van der Waals surface area contributed by atoms with Crippen molar-refractivity contribution in [1.82, 2.24) is 10.3 Å². The molecule has 4 nitrogen and oxygen atoms in total. The lowest BCUT2D eigenvalue weighted by atomic mass is 10.1. The lowest BCUT2D eigenvalue weighted by molar-refractivity contribution is -0.121. The predicted molar refractivity (Wildman–Crippen MR) is 101 cm³/mol. The SMILES string of the molecule is Cc1ccc(-c2nc(C[S@](=O)[C@@H](C)C(=O)NC(C)(C)C)cs2)cc1. The van der Waals surface area contributed by atoms with Gasteiger partial charge in [-0.05, 0) is 34.6 Å². The Bertz CT molecular complexity index is 730. The molecule has 0 saturated heterocycles. The lowest BCUT2D eigenvalue weighted by Crippen LogP contribution is -2.46. The van der Waals surface area contributed by atoms with E-state index in [4.69, 9.17) is 0 Å². The molecule has 0 radical (unpaired) electrons. The summed E-state index contributed by atoms with van der Waals surface area (Å²) in [6.45, 7) is 9.48. The summed E-state index contributed by atoms with van der Waals surface area (Å²) in [7, 11) is -1.30. The lowest BCUT2D eigenvalue weighted by Gasteiger charge is -2.22. The molecule has 1 heterocycles. The van der Waals surface area contributed by atoms with Gasteiger partial charge < -0.3 is 5.32 Å². The zero-order valence-electron chi connectivity index (χ0n) is 14.8. The molecule has 130 valence electrons. The van der Waals surface area contributed by atoms with Crippen LogP contribution in [0.5, 0.6) is 0 Å². The number of carbonyl (C=O) groups excluding carboxylic acids is 1. The van der Waals surface area contributed by atoms with E-state index in [1.807, 2.05) is 57.3 Å². The number of thiazole rings is 1. The minimum Gasteiger partial charge on any atom is -0.350 e. The predicted octanol–water partition coefficient (Wildman–Crippen LogP) is 3.67. The van der Waals surface area contributed by atoms with E-state index in [-0.39, 0.29) is 11.4 Å². The number of aryl methyl sites for hydroxylation is 1. The highest BCUT2D eigenvalue weighted by molar-refractivity contribution is 7.85. The summed E-state index contributed by atoms with van der Waals surface area (Å²) >= 11 is 1.53. The van der Waals surface area contributed by atoms with E-state index in [0.29, 0.717) is 5.75 Å². The molecule has 0 unspecified atom stereocenters. The molecule has 1 amide bonds. The number of rotatable bonds is 5. The number of amides is 1. The smallest absolute Gasteiger partial charge is 0.235 e. The normalized spacial score (nSPS) is 14.2. The van der Waals surface area contributed by atoms with Gasteiger partial charge in [-0.1, -0.05) is 29.8 Å². The Morgan fingerprint density at radius 1 is 1.29 bits per heavy atom. The molecule has 6 heteroatoms. The van der Waals surface area contributed by atoms with Crippen LogP contribution in [0.2, 0.25) is 0 Å². The molecule has 0 aliphatic heterocycles. The first kappa shape index (κ1) is 18.8. The second kappa shape index (κ2) is 7.57. The Hall–Kier alpha value is -1.53. The highest BCUT2D eigenvalue weighted by atomic mass is 32.2. The van der Waals surface area contributed by atoms with E-state index >= 15 is 0 Å². The molecule has 0 aliphatic carbocycles. The summed E-state index contributed by atoms with van der Waals surface area (Å²) in [6, 6.07) is 8.17. The number of nitrogens with one attached hydrogen (secondary N) is 1. The molecule has 2 aromatic rings. The minimum absolute atomic E-state index is 0.185. The van der Waals surface area contributed by atoms with E-state index in [9.17, 15) is 9.00 Å². The van der Waals surface area contributed by atoms with Gasteiger partial charge in [-0.25, -0.2) is 4.98 Å². The van der Waals surface area contributed by atoms with E-state index in [1.54, 1.807) is 6.92 Å². The van der Waals surface area contributed by atoms with Crippen molar-refractivity contribution in [1.29, 1.82) is 0 Å². The number of carbonyl (C=O) groups is 1. The van der Waals surface area contributed by atoms with Crippen molar-refractivity contribution in [3.05, 3.63) is 40.9 Å². The number of benzene rings is 1. The Morgan fingerprint density at radius 3 is 2.50 bits per heavy atom. The number of nitrogens with zero attached hydrogens (tertiary/aromatic N) is 1. The second-order valence-corrected chi connectivity index (χ2v) is 9.53. The van der Waals surface area contributed by atoms with Gasteiger partial charge in [-0.3, -0.25) is 9.00 Å². The molecule has 1 aromatic carbocycles. The first-order valence-corrected chi connectivity index (χ1v) is 10.1. The fourth-order valence-electron chi connectivity index (χ4n) is 2.06. The van der Waals surface area contributed by atoms with Gasteiger partial charge in [0.15, 0.2) is 0 Å². The summed E-state index contributed by atoms with van der Waals surface area (Å²) in [5, 5.41) is 5.14. The third-order valence-electron chi connectivity index (χ3n) is 3.40. The topological polar surface area (TPSA) is 59.1 Å². The van der Waals surface area contributed by atoms with Gasteiger partial charge in [0, 0.05) is 27.3 Å². The highest BCUT2D eigenvalue weighted by Crippen LogP contribution is 2.24. The maximum atomic E-state index is 12.4. The maximum Gasteiger partial charge on any atom is 0.235 e. The van der Waals surface area contributed by atoms with Crippen molar-refractivity contribution < 1.29 is 9.00 Å². The van der Waals surface area contributed by atoms with Crippen LogP contribution in [0.1, 0.15) is 39.0 Å². The largest absolute Gasteiger partial charge is 0.350 e. The molecule has 1 aromatic heterocycles. The Morgan fingerprint density at radius 2 is 1.92 bits per heavy atom. The highest BCUT2D eigenvalue weighted by Gasteiger charge is 2.24. The van der Waals surface area contributed by atoms with Crippen molar-refractivity contribution in [2.75, 3.05) is 0 Å². The van der Waals surface area contributed by atoms with Crippen LogP contribution in [-0.4, -0.2) is 25.9 Å². The molecular formula is C18H24N2O2S2. The second-order valence-electron chi connectivity index (χ2n) is 6.92. The molecular weight excluding hydrogens is 340 g/mol. The Kier molecular flexibility index (Phi) is 5.93. The van der Waals surface area contributed by atoms with Gasteiger partial charge in [0.05, 0.1) is 11.4 Å². The first-order valence-electron chi connectivity index (χ1n) is 7.86. The number of hydrogen-bond donors (Lipinski definition) is 1. The van der Waals surface area contributed by atoms with Gasteiger partial charge in [-0.15, -0.1) is 11.3 Å². The molecule has 1 N–H and O–H groups in total. The van der Waals surface area contributed by atoms with Crippen molar-refractivity contribution in [2.24, 2.45) is 0 Å². The van der Waals surface area contributed by atoms with E-state index in [0.717, 1.165) is 16.3 Å². The van der Waals surface area contributed by atoms with E-state index in [1.165, 1.54) is 16.9 Å². The molecule has 0 saturated carbocycles. The van der Waals surface area contributed by atoms with Crippen LogP contribution in [0.3, 0.4) is 0 Å². The molecule has 0 bridgehead atoms. The third-order valence-corrected chi connectivity index (χ3v) is 5.93. The number of hydrogen-bond acceptors (Lipinski definition) is 4. The summed E-state index contributed by atoms with van der Waals surface area (Å²) in [5.41, 5.74) is 2.70. The van der Waals surface area contributed by atoms with Crippen molar-refractivity contribution >= 4 is 28.0 Å². The zero-order valence-corrected chi connectivity index (χ0v) is 16.4. The fraction of sp³-hybridized carbons (Fsp3) is 0.444. The third kappa shape index (κ3) is 5.24. The standard InChI is InChI=1S/C18H24N2O2S2/c1-12-6-8-14(9-7-12)17-19-15(10-23-17)11-24(22)13(2)16(21)20-18(3,4)5/h6-10,13H,11H2,1-5H3,(H,20,21)/t13-,24-/m0/s1. The molecule has 2 rings (SSSR count). The van der Waals surface area contributed by atoms with Crippen LogP contribution in [0, 0.1) is 6.92 Å². The van der Waals surface area contributed by atoms with Crippen molar-refractivity contribution in [3.63, 3.8) is 0 Å². The summed E-state index contributed by atoms with van der Waals surface area (Å²) in [6.07, 6.45) is 0. The summed E-state index contributed by atoms with van der Waals surface area (Å²) in [5.74, 6) is 0.107. The maximum absolute atomic E-state index is 12.4. The summed E-state index contributed by atoms with van der Waals surface area (Å²) in [4.78, 5) is 16.7. The Labute approximate surface area is 150 Å². The van der Waals surface area contributed by atoms with Crippen LogP contribution in [0.25, 0.3) is 10.6 Å². The van der Waals surface area contributed by atoms with Crippen molar-refractivity contribution in [3.8, 4) is 10.6 Å². The average molecular weight is 365 g/mol. The minimum atomic E-state index is -1.30. The van der Waals surface area contributed by atoms with Gasteiger partial charge in [0.25, 0.3) is 0 Å². The van der Waals surface area contributed by atoms with Crippen LogP contribution in [-0.2, 0) is 21.3 Å².